The van der Waals surface area contributed by atoms with Crippen LogP contribution >= 0.6 is 11.3 Å². The van der Waals surface area contributed by atoms with Crippen LogP contribution < -0.4 is 10.1 Å². The highest BCUT2D eigenvalue weighted by atomic mass is 32.1. The quantitative estimate of drug-likeness (QED) is 0.839. The first-order valence-electron chi connectivity index (χ1n) is 7.49. The van der Waals surface area contributed by atoms with Crippen molar-refractivity contribution in [3.8, 4) is 5.75 Å². The largest absolute Gasteiger partial charge is 0.496 e. The molecule has 0 bridgehead atoms. The van der Waals surface area contributed by atoms with Crippen molar-refractivity contribution in [1.82, 2.24) is 0 Å². The maximum Gasteiger partial charge on any atom is 0.341 e. The summed E-state index contributed by atoms with van der Waals surface area (Å²) < 4.78 is 10.1. The third kappa shape index (κ3) is 3.76. The number of hydrogen-bond acceptors (Lipinski definition) is 5. The molecule has 1 heterocycles. The fourth-order valence-corrected chi connectivity index (χ4v) is 3.52. The van der Waals surface area contributed by atoms with Crippen molar-refractivity contribution in [3.63, 3.8) is 0 Å². The molecular weight excluding hydrogens is 326 g/mol. The lowest BCUT2D eigenvalue weighted by molar-refractivity contribution is -0.115. The molecule has 0 fully saturated rings. The molecule has 2 aromatic rings. The molecule has 1 aromatic heterocycles. The number of thiophene rings is 1. The molecule has 0 aliphatic carbocycles. The lowest BCUT2D eigenvalue weighted by Crippen LogP contribution is -2.16. The lowest BCUT2D eigenvalue weighted by atomic mass is 10.1. The Hall–Kier alpha value is -2.34. The second kappa shape index (κ2) is 7.49. The van der Waals surface area contributed by atoms with Gasteiger partial charge in [-0.1, -0.05) is 17.7 Å². The third-order valence-electron chi connectivity index (χ3n) is 3.81. The molecule has 0 atom stereocenters. The summed E-state index contributed by atoms with van der Waals surface area (Å²) in [5.74, 6) is 0.0214. The van der Waals surface area contributed by atoms with Gasteiger partial charge in [-0.05, 0) is 32.4 Å². The van der Waals surface area contributed by atoms with E-state index >= 15 is 0 Å². The zero-order chi connectivity index (χ0) is 17.9. The molecule has 0 spiro atoms. The Bertz CT molecular complexity index is 780. The highest BCUT2D eigenvalue weighted by Gasteiger charge is 2.22. The van der Waals surface area contributed by atoms with E-state index in [1.54, 1.807) is 7.11 Å². The van der Waals surface area contributed by atoms with E-state index in [1.165, 1.54) is 18.4 Å². The van der Waals surface area contributed by atoms with Gasteiger partial charge in [-0.25, -0.2) is 4.79 Å². The maximum absolute atomic E-state index is 12.4. The minimum atomic E-state index is -0.444. The summed E-state index contributed by atoms with van der Waals surface area (Å²) in [6, 6.07) is 5.70. The van der Waals surface area contributed by atoms with Gasteiger partial charge in [-0.15, -0.1) is 11.3 Å². The highest BCUT2D eigenvalue weighted by molar-refractivity contribution is 7.16. The number of carbonyl (C=O) groups excluding carboxylic acids is 2. The van der Waals surface area contributed by atoms with E-state index in [2.05, 4.69) is 5.32 Å². The van der Waals surface area contributed by atoms with Gasteiger partial charge in [0.05, 0.1) is 26.2 Å². The number of anilines is 1. The summed E-state index contributed by atoms with van der Waals surface area (Å²) in [7, 11) is 2.91. The summed E-state index contributed by atoms with van der Waals surface area (Å²) in [5.41, 5.74) is 3.11. The average Bonchev–Trinajstić information content (AvgIpc) is 2.81. The Morgan fingerprint density at radius 1 is 1.17 bits per heavy atom. The number of nitrogens with one attached hydrogen (secondary N) is 1. The normalized spacial score (nSPS) is 10.4. The lowest BCUT2D eigenvalue weighted by Gasteiger charge is -2.10. The minimum Gasteiger partial charge on any atom is -0.496 e. The number of methoxy groups -OCH3 is 2. The van der Waals surface area contributed by atoms with E-state index < -0.39 is 5.97 Å². The predicted octanol–water partition coefficient (Wildman–Crippen LogP) is 3.65. The zero-order valence-electron chi connectivity index (χ0n) is 14.5. The van der Waals surface area contributed by atoms with Crippen molar-refractivity contribution < 1.29 is 19.1 Å². The number of esters is 1. The van der Waals surface area contributed by atoms with Gasteiger partial charge in [0, 0.05) is 10.4 Å². The maximum atomic E-state index is 12.4. The molecule has 0 saturated carbocycles. The van der Waals surface area contributed by atoms with Gasteiger partial charge >= 0.3 is 5.97 Å². The first-order chi connectivity index (χ1) is 11.4. The summed E-state index contributed by atoms with van der Waals surface area (Å²) >= 11 is 1.37. The number of amides is 1. The van der Waals surface area contributed by atoms with E-state index in [9.17, 15) is 9.59 Å². The van der Waals surface area contributed by atoms with Gasteiger partial charge in [0.15, 0.2) is 0 Å². The van der Waals surface area contributed by atoms with E-state index in [0.717, 1.165) is 21.6 Å². The molecule has 0 saturated heterocycles. The molecule has 0 aliphatic heterocycles. The second-order valence-corrected chi connectivity index (χ2v) is 6.74. The van der Waals surface area contributed by atoms with Crippen molar-refractivity contribution in [3.05, 3.63) is 45.3 Å². The van der Waals surface area contributed by atoms with Crippen molar-refractivity contribution in [2.75, 3.05) is 19.5 Å². The van der Waals surface area contributed by atoms with Gasteiger partial charge in [-0.3, -0.25) is 4.79 Å². The molecule has 2 rings (SSSR count). The number of rotatable bonds is 5. The summed E-state index contributed by atoms with van der Waals surface area (Å²) in [5, 5.41) is 3.35. The Morgan fingerprint density at radius 2 is 1.88 bits per heavy atom. The molecule has 6 heteroatoms. The van der Waals surface area contributed by atoms with Crippen LogP contribution in [0.1, 0.15) is 31.9 Å². The van der Waals surface area contributed by atoms with Gasteiger partial charge in [0.2, 0.25) is 5.91 Å². The molecule has 5 nitrogen and oxygen atoms in total. The molecule has 0 aliphatic rings. The first-order valence-corrected chi connectivity index (χ1v) is 8.30. The number of aryl methyl sites for hydroxylation is 2. The van der Waals surface area contributed by atoms with Crippen molar-refractivity contribution in [1.29, 1.82) is 0 Å². The van der Waals surface area contributed by atoms with Crippen LogP contribution in [0.15, 0.2) is 18.2 Å². The topological polar surface area (TPSA) is 64.6 Å². The van der Waals surface area contributed by atoms with Crippen LogP contribution in [0.4, 0.5) is 5.00 Å². The van der Waals surface area contributed by atoms with Crippen molar-refractivity contribution in [2.45, 2.75) is 27.2 Å². The van der Waals surface area contributed by atoms with Crippen molar-refractivity contribution >= 4 is 28.2 Å². The number of ether oxygens (including phenoxy) is 2. The van der Waals surface area contributed by atoms with Gasteiger partial charge in [0.25, 0.3) is 0 Å². The Kier molecular flexibility index (Phi) is 5.62. The average molecular weight is 347 g/mol. The summed E-state index contributed by atoms with van der Waals surface area (Å²) in [4.78, 5) is 25.4. The fourth-order valence-electron chi connectivity index (χ4n) is 2.45. The molecule has 24 heavy (non-hydrogen) atoms. The van der Waals surface area contributed by atoms with Crippen LogP contribution in [-0.2, 0) is 16.0 Å². The fraction of sp³-hybridized carbons (Fsp3) is 0.333. The van der Waals surface area contributed by atoms with Crippen LogP contribution in [0.25, 0.3) is 0 Å². The SMILES string of the molecule is COC(=O)c1c(NC(=O)Cc2cc(C)ccc2OC)sc(C)c1C. The zero-order valence-corrected chi connectivity index (χ0v) is 15.3. The van der Waals surface area contributed by atoms with Crippen LogP contribution in [0, 0.1) is 20.8 Å². The second-order valence-electron chi connectivity index (χ2n) is 5.52. The van der Waals surface area contributed by atoms with Crippen LogP contribution in [-0.4, -0.2) is 26.1 Å². The molecular formula is C18H21NO4S. The Labute approximate surface area is 145 Å². The van der Waals surface area contributed by atoms with Crippen LogP contribution in [0.2, 0.25) is 0 Å². The van der Waals surface area contributed by atoms with Gasteiger partial charge in [-0.2, -0.15) is 0 Å². The summed E-state index contributed by atoms with van der Waals surface area (Å²) in [6.45, 7) is 5.71. The Morgan fingerprint density at radius 3 is 2.50 bits per heavy atom. The minimum absolute atomic E-state index is 0.168. The number of hydrogen-bond donors (Lipinski definition) is 1. The smallest absolute Gasteiger partial charge is 0.341 e. The Balaban J connectivity index is 2.24. The van der Waals surface area contributed by atoms with E-state index in [1.807, 2.05) is 39.0 Å². The standard InChI is InChI=1S/C18H21NO4S/c1-10-6-7-14(22-4)13(8-10)9-15(20)19-17-16(18(21)23-5)11(2)12(3)24-17/h6-8H,9H2,1-5H3,(H,19,20). The van der Waals surface area contributed by atoms with Gasteiger partial charge < -0.3 is 14.8 Å². The van der Waals surface area contributed by atoms with Gasteiger partial charge in [0.1, 0.15) is 10.8 Å². The van der Waals surface area contributed by atoms with E-state index in [-0.39, 0.29) is 12.3 Å². The van der Waals surface area contributed by atoms with Crippen LogP contribution in [0.3, 0.4) is 0 Å². The molecule has 1 N–H and O–H groups in total. The number of benzene rings is 1. The predicted molar refractivity (Wildman–Crippen MR) is 95.2 cm³/mol. The molecule has 0 radical (unpaired) electrons. The molecule has 1 aromatic carbocycles. The van der Waals surface area contributed by atoms with Crippen molar-refractivity contribution in [2.24, 2.45) is 0 Å². The monoisotopic (exact) mass is 347 g/mol. The number of carbonyl (C=O) groups is 2. The third-order valence-corrected chi connectivity index (χ3v) is 4.94. The van der Waals surface area contributed by atoms with Crippen LogP contribution in [0.5, 0.6) is 5.75 Å². The van der Waals surface area contributed by atoms with E-state index in [0.29, 0.717) is 16.3 Å². The molecule has 1 amide bonds. The molecule has 0 unspecified atom stereocenters. The highest BCUT2D eigenvalue weighted by Crippen LogP contribution is 2.33. The van der Waals surface area contributed by atoms with E-state index in [4.69, 9.17) is 9.47 Å². The first kappa shape index (κ1) is 18.0. The molecule has 128 valence electrons. The summed E-state index contributed by atoms with van der Waals surface area (Å²) in [6.07, 6.45) is 0.168.